The first-order valence-electron chi connectivity index (χ1n) is 8.87. The fourth-order valence-corrected chi connectivity index (χ4v) is 4.85. The molecule has 2 aromatic heterocycles. The summed E-state index contributed by atoms with van der Waals surface area (Å²) in [5.74, 6) is 0.0279. The monoisotopic (exact) mass is 481 g/mol. The number of carbonyl (C=O) groups excluding carboxylic acids is 2. The van der Waals surface area contributed by atoms with Crippen molar-refractivity contribution < 1.29 is 14.0 Å². The largest absolute Gasteiger partial charge is 0.444 e. The Balaban J connectivity index is 1.30. The number of likely N-dealkylation sites (tertiary alicyclic amines) is 1. The smallest absolute Gasteiger partial charge is 0.287 e. The van der Waals surface area contributed by atoms with Crippen LogP contribution >= 0.6 is 38.9 Å². The number of hydrogen-bond donors (Lipinski definition) is 1. The molecule has 0 aliphatic carbocycles. The lowest BCUT2D eigenvalue weighted by atomic mass is 9.97. The van der Waals surface area contributed by atoms with Crippen LogP contribution in [0.1, 0.15) is 34.3 Å². The molecule has 2 amide bonds. The summed E-state index contributed by atoms with van der Waals surface area (Å²) < 4.78 is 6.79. The number of benzene rings is 1. The zero-order valence-corrected chi connectivity index (χ0v) is 17.9. The number of nitrogens with zero attached hydrogens (tertiary/aromatic N) is 2. The number of hydrogen-bond acceptors (Lipinski definition) is 5. The molecule has 3 heterocycles. The predicted molar refractivity (Wildman–Crippen MR) is 112 cm³/mol. The topological polar surface area (TPSA) is 75.4 Å². The molecular formula is C19H17BrClN3O3S. The number of rotatable bonds is 4. The van der Waals surface area contributed by atoms with Crippen LogP contribution in [0.2, 0.25) is 5.02 Å². The lowest BCUT2D eigenvalue weighted by molar-refractivity contribution is -0.131. The van der Waals surface area contributed by atoms with E-state index in [-0.39, 0.29) is 18.2 Å². The van der Waals surface area contributed by atoms with E-state index in [1.165, 1.54) is 0 Å². The van der Waals surface area contributed by atoms with E-state index in [4.69, 9.17) is 21.0 Å². The second-order valence-corrected chi connectivity index (χ2v) is 8.89. The van der Waals surface area contributed by atoms with Gasteiger partial charge in [0.2, 0.25) is 5.91 Å². The van der Waals surface area contributed by atoms with Gasteiger partial charge < -0.3 is 14.6 Å². The number of nitrogens with one attached hydrogen (secondary N) is 1. The van der Waals surface area contributed by atoms with Crippen LogP contribution in [0.25, 0.3) is 10.2 Å². The SMILES string of the molecule is O=C(NCC(=O)N1CCC(c2nc3cc(Cl)ccc3s2)CC1)c1ccc(Br)o1. The Kier molecular flexibility index (Phi) is 5.70. The van der Waals surface area contributed by atoms with Crippen molar-refractivity contribution in [1.82, 2.24) is 15.2 Å². The van der Waals surface area contributed by atoms with Gasteiger partial charge in [0.15, 0.2) is 10.4 Å². The van der Waals surface area contributed by atoms with Crippen molar-refractivity contribution in [2.45, 2.75) is 18.8 Å². The third-order valence-electron chi connectivity index (χ3n) is 4.76. The Labute approximate surface area is 179 Å². The van der Waals surface area contributed by atoms with Crippen LogP contribution in [0.5, 0.6) is 0 Å². The highest BCUT2D eigenvalue weighted by molar-refractivity contribution is 9.10. The van der Waals surface area contributed by atoms with Crippen LogP contribution in [0.15, 0.2) is 39.4 Å². The highest BCUT2D eigenvalue weighted by Crippen LogP contribution is 2.34. The Morgan fingerprint density at radius 2 is 2.07 bits per heavy atom. The van der Waals surface area contributed by atoms with Crippen LogP contribution < -0.4 is 5.32 Å². The van der Waals surface area contributed by atoms with Crippen molar-refractivity contribution in [3.63, 3.8) is 0 Å². The van der Waals surface area contributed by atoms with Crippen molar-refractivity contribution in [2.24, 2.45) is 0 Å². The van der Waals surface area contributed by atoms with Gasteiger partial charge in [-0.3, -0.25) is 9.59 Å². The van der Waals surface area contributed by atoms with Gasteiger partial charge >= 0.3 is 0 Å². The van der Waals surface area contributed by atoms with Crippen LogP contribution in [-0.2, 0) is 4.79 Å². The fraction of sp³-hybridized carbons (Fsp3) is 0.316. The average molecular weight is 483 g/mol. The molecule has 1 N–H and O–H groups in total. The number of thiazole rings is 1. The molecule has 1 fully saturated rings. The summed E-state index contributed by atoms with van der Waals surface area (Å²) >= 11 is 10.9. The maximum atomic E-state index is 12.4. The van der Waals surface area contributed by atoms with Gasteiger partial charge in [0, 0.05) is 24.0 Å². The second kappa shape index (κ2) is 8.23. The van der Waals surface area contributed by atoms with E-state index in [1.807, 2.05) is 18.2 Å². The number of carbonyl (C=O) groups is 2. The molecular weight excluding hydrogens is 466 g/mol. The first kappa shape index (κ1) is 19.4. The first-order chi connectivity index (χ1) is 13.5. The van der Waals surface area contributed by atoms with E-state index in [2.05, 4.69) is 21.2 Å². The summed E-state index contributed by atoms with van der Waals surface area (Å²) in [7, 11) is 0. The Hall–Kier alpha value is -1.90. The summed E-state index contributed by atoms with van der Waals surface area (Å²) in [6, 6.07) is 8.95. The lowest BCUT2D eigenvalue weighted by Crippen LogP contribution is -2.43. The number of halogens is 2. The number of amides is 2. The quantitative estimate of drug-likeness (QED) is 0.596. The summed E-state index contributed by atoms with van der Waals surface area (Å²) in [5.41, 5.74) is 0.929. The summed E-state index contributed by atoms with van der Waals surface area (Å²) in [4.78, 5) is 30.9. The normalized spacial score (nSPS) is 15.1. The molecule has 0 unspecified atom stereocenters. The predicted octanol–water partition coefficient (Wildman–Crippen LogP) is 4.44. The molecule has 28 heavy (non-hydrogen) atoms. The Morgan fingerprint density at radius 3 is 2.79 bits per heavy atom. The van der Waals surface area contributed by atoms with Gasteiger partial charge in [-0.15, -0.1) is 11.3 Å². The third kappa shape index (κ3) is 4.24. The lowest BCUT2D eigenvalue weighted by Gasteiger charge is -2.31. The van der Waals surface area contributed by atoms with Crippen molar-refractivity contribution in [1.29, 1.82) is 0 Å². The van der Waals surface area contributed by atoms with Crippen LogP contribution in [0.3, 0.4) is 0 Å². The van der Waals surface area contributed by atoms with Gasteiger partial charge in [0.1, 0.15) is 0 Å². The number of piperidine rings is 1. The molecule has 0 saturated carbocycles. The van der Waals surface area contributed by atoms with Crippen molar-refractivity contribution in [3.8, 4) is 0 Å². The molecule has 0 atom stereocenters. The van der Waals surface area contributed by atoms with Gasteiger partial charge in [-0.1, -0.05) is 11.6 Å². The van der Waals surface area contributed by atoms with Gasteiger partial charge in [-0.25, -0.2) is 4.98 Å². The maximum absolute atomic E-state index is 12.4. The Morgan fingerprint density at radius 1 is 1.29 bits per heavy atom. The molecule has 9 heteroatoms. The first-order valence-corrected chi connectivity index (χ1v) is 10.9. The van der Waals surface area contributed by atoms with Gasteiger partial charge in [0.05, 0.1) is 21.8 Å². The minimum absolute atomic E-state index is 0.0402. The zero-order valence-electron chi connectivity index (χ0n) is 14.8. The van der Waals surface area contributed by atoms with E-state index in [1.54, 1.807) is 28.4 Å². The summed E-state index contributed by atoms with van der Waals surface area (Å²) in [6.07, 6.45) is 1.72. The molecule has 1 aliphatic rings. The van der Waals surface area contributed by atoms with Gasteiger partial charge in [-0.2, -0.15) is 0 Å². The minimum atomic E-state index is -0.401. The second-order valence-electron chi connectivity index (χ2n) is 6.61. The van der Waals surface area contributed by atoms with E-state index in [9.17, 15) is 9.59 Å². The number of fused-ring (bicyclic) bond motifs is 1. The molecule has 1 saturated heterocycles. The number of furan rings is 1. The fourth-order valence-electron chi connectivity index (χ4n) is 3.26. The highest BCUT2D eigenvalue weighted by atomic mass is 79.9. The third-order valence-corrected chi connectivity index (χ3v) is 6.62. The van der Waals surface area contributed by atoms with Crippen LogP contribution in [-0.4, -0.2) is 41.3 Å². The zero-order chi connectivity index (χ0) is 19.7. The van der Waals surface area contributed by atoms with Crippen molar-refractivity contribution in [3.05, 3.63) is 50.8 Å². The van der Waals surface area contributed by atoms with E-state index < -0.39 is 5.91 Å². The molecule has 146 valence electrons. The molecule has 1 aliphatic heterocycles. The maximum Gasteiger partial charge on any atom is 0.287 e. The van der Waals surface area contributed by atoms with E-state index in [0.717, 1.165) is 28.1 Å². The van der Waals surface area contributed by atoms with Crippen molar-refractivity contribution in [2.75, 3.05) is 19.6 Å². The Bertz CT molecular complexity index is 1030. The molecule has 0 radical (unpaired) electrons. The van der Waals surface area contributed by atoms with Gasteiger partial charge in [0.25, 0.3) is 5.91 Å². The van der Waals surface area contributed by atoms with Gasteiger partial charge in [-0.05, 0) is 59.1 Å². The average Bonchev–Trinajstić information content (AvgIpc) is 3.31. The molecule has 1 aromatic carbocycles. The van der Waals surface area contributed by atoms with Crippen molar-refractivity contribution >= 4 is 60.9 Å². The molecule has 0 bridgehead atoms. The molecule has 3 aromatic rings. The van der Waals surface area contributed by atoms with E-state index >= 15 is 0 Å². The highest BCUT2D eigenvalue weighted by Gasteiger charge is 2.26. The minimum Gasteiger partial charge on any atom is -0.444 e. The molecule has 4 rings (SSSR count). The summed E-state index contributed by atoms with van der Waals surface area (Å²) in [5, 5.41) is 4.39. The molecule has 0 spiro atoms. The summed E-state index contributed by atoms with van der Waals surface area (Å²) in [6.45, 7) is 1.27. The van der Waals surface area contributed by atoms with E-state index in [0.29, 0.717) is 28.7 Å². The number of aromatic nitrogens is 1. The molecule has 6 nitrogen and oxygen atoms in total. The van der Waals surface area contributed by atoms with Crippen LogP contribution in [0, 0.1) is 0 Å². The van der Waals surface area contributed by atoms with Crippen LogP contribution in [0.4, 0.5) is 0 Å². The standard InChI is InChI=1S/C19H17BrClN3O3S/c20-16-4-2-14(27-16)18(26)22-10-17(25)24-7-5-11(6-8-24)19-23-13-9-12(21)1-3-15(13)28-19/h1-4,9,11H,5-8,10H2,(H,22,26).